The lowest BCUT2D eigenvalue weighted by Crippen LogP contribution is -2.47. The maximum Gasteiger partial charge on any atom is 0.329 e. The van der Waals surface area contributed by atoms with Crippen molar-refractivity contribution in [3.05, 3.63) is 35.9 Å². The molecule has 0 bridgehead atoms. The van der Waals surface area contributed by atoms with Gasteiger partial charge in [-0.25, -0.2) is 4.79 Å². The van der Waals surface area contributed by atoms with Crippen LogP contribution >= 0.6 is 12.4 Å². The van der Waals surface area contributed by atoms with Crippen LogP contribution in [0.25, 0.3) is 0 Å². The highest BCUT2D eigenvalue weighted by molar-refractivity contribution is 5.86. The number of piperidine rings is 1. The van der Waals surface area contributed by atoms with Crippen LogP contribution in [-0.2, 0) is 20.9 Å². The average molecular weight is 353 g/mol. The Morgan fingerprint density at radius 2 is 1.96 bits per heavy atom. The van der Waals surface area contributed by atoms with Crippen molar-refractivity contribution in [2.24, 2.45) is 5.92 Å². The van der Waals surface area contributed by atoms with Gasteiger partial charge in [0.15, 0.2) is 0 Å². The third-order valence-corrected chi connectivity index (χ3v) is 4.68. The molecule has 0 saturated carbocycles. The number of nitrogens with zero attached hydrogens (tertiary/aromatic N) is 1. The first-order chi connectivity index (χ1) is 11.3. The third-order valence-electron chi connectivity index (χ3n) is 4.68. The van der Waals surface area contributed by atoms with Crippen LogP contribution in [0.4, 0.5) is 0 Å². The molecule has 2 atom stereocenters. The molecule has 0 aromatic heterocycles. The lowest BCUT2D eigenvalue weighted by Gasteiger charge is -2.30. The lowest BCUT2D eigenvalue weighted by molar-refractivity contribution is -0.155. The summed E-state index contributed by atoms with van der Waals surface area (Å²) in [4.78, 5) is 26.8. The van der Waals surface area contributed by atoms with E-state index in [0.717, 1.165) is 37.9 Å². The number of esters is 1. The minimum absolute atomic E-state index is 0. The Labute approximate surface area is 149 Å². The summed E-state index contributed by atoms with van der Waals surface area (Å²) in [6.45, 7) is 2.64. The van der Waals surface area contributed by atoms with Crippen LogP contribution in [0.2, 0.25) is 0 Å². The van der Waals surface area contributed by atoms with Gasteiger partial charge in [0.1, 0.15) is 12.6 Å². The summed E-state index contributed by atoms with van der Waals surface area (Å²) in [5.41, 5.74) is 0.966. The summed E-state index contributed by atoms with van der Waals surface area (Å²) >= 11 is 0. The van der Waals surface area contributed by atoms with E-state index in [2.05, 4.69) is 5.32 Å². The highest BCUT2D eigenvalue weighted by Crippen LogP contribution is 2.23. The Bertz CT molecular complexity index is 546. The second-order valence-corrected chi connectivity index (χ2v) is 6.33. The SMILES string of the molecule is Cl.O=C(OCc1ccccc1)[C@H]1CCCN1C(=O)[C@H]1CCCNC1. The molecule has 0 aliphatic carbocycles. The maximum atomic E-state index is 12.7. The lowest BCUT2D eigenvalue weighted by atomic mass is 9.98. The number of halogens is 1. The molecular weight excluding hydrogens is 328 g/mol. The fourth-order valence-corrected chi connectivity index (χ4v) is 3.40. The molecule has 0 spiro atoms. The van der Waals surface area contributed by atoms with Gasteiger partial charge in [-0.2, -0.15) is 0 Å². The fourth-order valence-electron chi connectivity index (χ4n) is 3.40. The van der Waals surface area contributed by atoms with Crippen LogP contribution in [0.5, 0.6) is 0 Å². The normalized spacial score (nSPS) is 23.4. The molecule has 3 rings (SSSR count). The predicted molar refractivity (Wildman–Crippen MR) is 93.8 cm³/mol. The van der Waals surface area contributed by atoms with Crippen LogP contribution in [0.3, 0.4) is 0 Å². The number of carbonyl (C=O) groups excluding carboxylic acids is 2. The molecule has 2 saturated heterocycles. The van der Waals surface area contributed by atoms with E-state index >= 15 is 0 Å². The van der Waals surface area contributed by atoms with Crippen LogP contribution in [0.15, 0.2) is 30.3 Å². The number of rotatable bonds is 4. The van der Waals surface area contributed by atoms with Gasteiger partial charge >= 0.3 is 5.97 Å². The largest absolute Gasteiger partial charge is 0.459 e. The molecule has 1 N–H and O–H groups in total. The molecule has 2 fully saturated rings. The average Bonchev–Trinajstić information content (AvgIpc) is 3.10. The van der Waals surface area contributed by atoms with Crippen molar-refractivity contribution in [2.45, 2.75) is 38.3 Å². The predicted octanol–water partition coefficient (Wildman–Crippen LogP) is 2.14. The number of hydrogen-bond donors (Lipinski definition) is 1. The summed E-state index contributed by atoms with van der Waals surface area (Å²) in [5.74, 6) is -0.161. The molecule has 24 heavy (non-hydrogen) atoms. The first kappa shape index (κ1) is 18.7. The topological polar surface area (TPSA) is 58.6 Å². The zero-order valence-electron chi connectivity index (χ0n) is 13.8. The number of hydrogen-bond acceptors (Lipinski definition) is 4. The number of ether oxygens (including phenoxy) is 1. The smallest absolute Gasteiger partial charge is 0.329 e. The van der Waals surface area contributed by atoms with Crippen molar-refractivity contribution in [2.75, 3.05) is 19.6 Å². The minimum Gasteiger partial charge on any atom is -0.459 e. The number of nitrogens with one attached hydrogen (secondary N) is 1. The molecular formula is C18H25ClN2O3. The van der Waals surface area contributed by atoms with Crippen molar-refractivity contribution in [1.29, 1.82) is 0 Å². The highest BCUT2D eigenvalue weighted by atomic mass is 35.5. The van der Waals surface area contributed by atoms with Crippen LogP contribution in [0.1, 0.15) is 31.2 Å². The molecule has 0 unspecified atom stereocenters. The number of carbonyl (C=O) groups is 2. The minimum atomic E-state index is -0.409. The van der Waals surface area contributed by atoms with Gasteiger partial charge in [-0.3, -0.25) is 4.79 Å². The van der Waals surface area contributed by atoms with Gasteiger partial charge in [0, 0.05) is 13.1 Å². The molecule has 1 aromatic rings. The Morgan fingerprint density at radius 1 is 1.17 bits per heavy atom. The van der Waals surface area contributed by atoms with Gasteiger partial charge < -0.3 is 15.0 Å². The summed E-state index contributed by atoms with van der Waals surface area (Å²) in [6, 6.07) is 9.22. The van der Waals surface area contributed by atoms with Crippen molar-refractivity contribution in [3.8, 4) is 0 Å². The quantitative estimate of drug-likeness (QED) is 0.843. The van der Waals surface area contributed by atoms with E-state index in [4.69, 9.17) is 4.74 Å². The standard InChI is InChI=1S/C18H24N2O3.ClH/c21-17(15-8-4-10-19-12-15)20-11-5-9-16(20)18(22)23-13-14-6-2-1-3-7-14;/h1-3,6-7,15-16,19H,4-5,8-13H2;1H/t15-,16+;/m0./s1. The van der Waals surface area contributed by atoms with E-state index in [-0.39, 0.29) is 36.8 Å². The van der Waals surface area contributed by atoms with Crippen molar-refractivity contribution in [1.82, 2.24) is 10.2 Å². The molecule has 2 heterocycles. The Morgan fingerprint density at radius 3 is 2.67 bits per heavy atom. The summed E-state index contributed by atoms with van der Waals surface area (Å²) in [7, 11) is 0. The Kier molecular flexibility index (Phi) is 7.06. The third kappa shape index (κ3) is 4.48. The molecule has 2 aliphatic rings. The number of amides is 1. The first-order valence-corrected chi connectivity index (χ1v) is 8.47. The van der Waals surface area contributed by atoms with E-state index in [1.165, 1.54) is 0 Å². The zero-order valence-corrected chi connectivity index (χ0v) is 14.6. The van der Waals surface area contributed by atoms with Gasteiger partial charge in [0.25, 0.3) is 0 Å². The molecule has 1 aromatic carbocycles. The number of benzene rings is 1. The Hall–Kier alpha value is -1.59. The van der Waals surface area contributed by atoms with E-state index in [0.29, 0.717) is 13.0 Å². The van der Waals surface area contributed by atoms with Gasteiger partial charge in [-0.15, -0.1) is 12.4 Å². The second kappa shape index (κ2) is 9.04. The zero-order chi connectivity index (χ0) is 16.1. The molecule has 2 aliphatic heterocycles. The molecule has 1 amide bonds. The van der Waals surface area contributed by atoms with Crippen LogP contribution < -0.4 is 5.32 Å². The van der Waals surface area contributed by atoms with E-state index in [1.54, 1.807) is 4.90 Å². The van der Waals surface area contributed by atoms with E-state index in [1.807, 2.05) is 30.3 Å². The summed E-state index contributed by atoms with van der Waals surface area (Å²) in [5, 5.41) is 3.27. The molecule has 0 radical (unpaired) electrons. The van der Waals surface area contributed by atoms with Crippen LogP contribution in [-0.4, -0.2) is 42.5 Å². The second-order valence-electron chi connectivity index (χ2n) is 6.33. The molecule has 6 heteroatoms. The van der Waals surface area contributed by atoms with Crippen molar-refractivity contribution in [3.63, 3.8) is 0 Å². The number of likely N-dealkylation sites (tertiary alicyclic amines) is 1. The summed E-state index contributed by atoms with van der Waals surface area (Å²) < 4.78 is 5.43. The highest BCUT2D eigenvalue weighted by Gasteiger charge is 2.38. The monoisotopic (exact) mass is 352 g/mol. The van der Waals surface area contributed by atoms with Gasteiger partial charge in [0.05, 0.1) is 5.92 Å². The summed E-state index contributed by atoms with van der Waals surface area (Å²) in [6.07, 6.45) is 3.51. The Balaban J connectivity index is 0.00000208. The fraction of sp³-hybridized carbons (Fsp3) is 0.556. The van der Waals surface area contributed by atoms with Gasteiger partial charge in [-0.1, -0.05) is 30.3 Å². The van der Waals surface area contributed by atoms with Gasteiger partial charge in [0.2, 0.25) is 5.91 Å². The van der Waals surface area contributed by atoms with Crippen molar-refractivity contribution < 1.29 is 14.3 Å². The van der Waals surface area contributed by atoms with Gasteiger partial charge in [-0.05, 0) is 37.8 Å². The first-order valence-electron chi connectivity index (χ1n) is 8.47. The maximum absolute atomic E-state index is 12.7. The van der Waals surface area contributed by atoms with Crippen molar-refractivity contribution >= 4 is 24.3 Å². The molecule has 132 valence electrons. The molecule has 5 nitrogen and oxygen atoms in total. The van der Waals surface area contributed by atoms with Crippen LogP contribution in [0, 0.1) is 5.92 Å². The van der Waals surface area contributed by atoms with E-state index < -0.39 is 6.04 Å². The van der Waals surface area contributed by atoms with E-state index in [9.17, 15) is 9.59 Å².